The maximum absolute atomic E-state index is 10.3. The van der Waals surface area contributed by atoms with Crippen LogP contribution in [0.15, 0.2) is 0 Å². The van der Waals surface area contributed by atoms with E-state index in [0.717, 1.165) is 0 Å². The fraction of sp³-hybridized carbons (Fsp3) is 1.00. The van der Waals surface area contributed by atoms with E-state index in [9.17, 15) is 8.42 Å². The van der Waals surface area contributed by atoms with Crippen LogP contribution in [0.5, 0.6) is 0 Å². The zero-order valence-electron chi connectivity index (χ0n) is 6.56. The molecule has 0 aromatic heterocycles. The van der Waals surface area contributed by atoms with E-state index in [1.165, 1.54) is 0 Å². The molecule has 0 aliphatic heterocycles. The van der Waals surface area contributed by atoms with Gasteiger partial charge in [-0.1, -0.05) is 0 Å². The van der Waals surface area contributed by atoms with Crippen molar-refractivity contribution >= 4 is 10.3 Å². The number of nitrogens with two attached hydrogens (primary N) is 3. The van der Waals surface area contributed by atoms with Gasteiger partial charge >= 0.3 is 10.3 Å². The van der Waals surface area contributed by atoms with E-state index in [0.29, 0.717) is 13.1 Å². The largest absolute Gasteiger partial charge is 0.334 e. The Morgan fingerprint density at radius 3 is 2.50 bits per heavy atom. The maximum atomic E-state index is 10.3. The second-order valence-corrected chi connectivity index (χ2v) is 3.30. The van der Waals surface area contributed by atoms with Gasteiger partial charge in [0.25, 0.3) is 0 Å². The molecule has 0 aromatic carbocycles. The third-order valence-corrected chi connectivity index (χ3v) is 1.44. The third-order valence-electron chi connectivity index (χ3n) is 0.924. The molecule has 0 spiro atoms. The van der Waals surface area contributed by atoms with Gasteiger partial charge < -0.3 is 16.8 Å². The van der Waals surface area contributed by atoms with Crippen LogP contribution in [-0.2, 0) is 14.5 Å². The van der Waals surface area contributed by atoms with Gasteiger partial charge in [0.1, 0.15) is 6.23 Å². The summed E-state index contributed by atoms with van der Waals surface area (Å²) >= 11 is 0. The van der Waals surface area contributed by atoms with Crippen molar-refractivity contribution in [2.24, 2.45) is 16.6 Å². The molecule has 0 rings (SSSR count). The van der Waals surface area contributed by atoms with Crippen molar-refractivity contribution in [3.8, 4) is 0 Å². The molecule has 0 aliphatic carbocycles. The van der Waals surface area contributed by atoms with E-state index < -0.39 is 16.5 Å². The SMILES string of the molecule is NCCNCC(N)OS(N)(=O)=O. The second-order valence-electron chi connectivity index (χ2n) is 2.12. The summed E-state index contributed by atoms with van der Waals surface area (Å²) in [6.45, 7) is 1.18. The smallest absolute Gasteiger partial charge is 0.329 e. The monoisotopic (exact) mass is 198 g/mol. The molecule has 0 amide bonds. The summed E-state index contributed by atoms with van der Waals surface area (Å²) in [5.41, 5.74) is 10.4. The molecule has 1 atom stereocenters. The topological polar surface area (TPSA) is 133 Å². The van der Waals surface area contributed by atoms with E-state index >= 15 is 0 Å². The van der Waals surface area contributed by atoms with Crippen LogP contribution in [0.2, 0.25) is 0 Å². The van der Waals surface area contributed by atoms with Crippen LogP contribution < -0.4 is 21.9 Å². The molecule has 0 saturated carbocycles. The van der Waals surface area contributed by atoms with Gasteiger partial charge in [-0.05, 0) is 0 Å². The van der Waals surface area contributed by atoms with Gasteiger partial charge in [-0.25, -0.2) is 9.32 Å². The lowest BCUT2D eigenvalue weighted by Crippen LogP contribution is -2.40. The van der Waals surface area contributed by atoms with Crippen molar-refractivity contribution < 1.29 is 12.6 Å². The normalized spacial score (nSPS) is 14.6. The quantitative estimate of drug-likeness (QED) is 0.266. The number of nitrogens with one attached hydrogen (secondary N) is 1. The summed E-state index contributed by atoms with van der Waals surface area (Å²) in [5, 5.41) is 7.32. The first-order valence-electron chi connectivity index (χ1n) is 3.33. The molecule has 7 N–H and O–H groups in total. The summed E-state index contributed by atoms with van der Waals surface area (Å²) in [4.78, 5) is 0. The first kappa shape index (κ1) is 11.8. The molecular formula is C4H14N4O3S. The summed E-state index contributed by atoms with van der Waals surface area (Å²) in [6.07, 6.45) is -0.966. The van der Waals surface area contributed by atoms with Gasteiger partial charge in [-0.2, -0.15) is 8.42 Å². The van der Waals surface area contributed by atoms with Crippen LogP contribution in [0.4, 0.5) is 0 Å². The van der Waals surface area contributed by atoms with Crippen molar-refractivity contribution in [1.82, 2.24) is 5.32 Å². The van der Waals surface area contributed by atoms with E-state index in [2.05, 4.69) is 14.6 Å². The molecule has 0 aliphatic rings. The molecule has 7 nitrogen and oxygen atoms in total. The minimum atomic E-state index is -3.96. The van der Waals surface area contributed by atoms with Crippen LogP contribution in [0.25, 0.3) is 0 Å². The third kappa shape index (κ3) is 7.85. The fourth-order valence-electron chi connectivity index (χ4n) is 0.553. The highest BCUT2D eigenvalue weighted by molar-refractivity contribution is 7.84. The molecular weight excluding hydrogens is 184 g/mol. The molecule has 74 valence electrons. The molecule has 0 saturated heterocycles. The van der Waals surface area contributed by atoms with Gasteiger partial charge in [0.2, 0.25) is 0 Å². The van der Waals surface area contributed by atoms with Gasteiger partial charge in [0.15, 0.2) is 0 Å². The summed E-state index contributed by atoms with van der Waals surface area (Å²) in [5.74, 6) is 0. The predicted molar refractivity (Wildman–Crippen MR) is 44.1 cm³/mol. The summed E-state index contributed by atoms with van der Waals surface area (Å²) < 4.78 is 24.8. The average molecular weight is 198 g/mol. The van der Waals surface area contributed by atoms with E-state index in [1.807, 2.05) is 0 Å². The van der Waals surface area contributed by atoms with Crippen LogP contribution in [0.3, 0.4) is 0 Å². The highest BCUT2D eigenvalue weighted by Crippen LogP contribution is 1.85. The molecule has 1 unspecified atom stereocenters. The predicted octanol–water partition coefficient (Wildman–Crippen LogP) is -2.96. The molecule has 0 bridgehead atoms. The Bertz CT molecular complexity index is 204. The lowest BCUT2D eigenvalue weighted by Gasteiger charge is -2.10. The number of hydrogen-bond donors (Lipinski definition) is 4. The molecule has 8 heteroatoms. The van der Waals surface area contributed by atoms with Crippen molar-refractivity contribution in [3.05, 3.63) is 0 Å². The molecule has 0 radical (unpaired) electrons. The average Bonchev–Trinajstić information content (AvgIpc) is 1.84. The van der Waals surface area contributed by atoms with E-state index in [-0.39, 0.29) is 6.54 Å². The number of rotatable bonds is 6. The Labute approximate surface area is 71.5 Å². The Morgan fingerprint density at radius 2 is 2.08 bits per heavy atom. The zero-order valence-corrected chi connectivity index (χ0v) is 7.38. The van der Waals surface area contributed by atoms with Crippen molar-refractivity contribution in [1.29, 1.82) is 0 Å². The highest BCUT2D eigenvalue weighted by atomic mass is 32.2. The lowest BCUT2D eigenvalue weighted by atomic mass is 10.5. The van der Waals surface area contributed by atoms with Gasteiger partial charge in [-0.15, -0.1) is 0 Å². The van der Waals surface area contributed by atoms with Crippen molar-refractivity contribution in [2.75, 3.05) is 19.6 Å². The van der Waals surface area contributed by atoms with E-state index in [4.69, 9.17) is 11.5 Å². The van der Waals surface area contributed by atoms with Gasteiger partial charge in [0.05, 0.1) is 0 Å². The Morgan fingerprint density at radius 1 is 1.50 bits per heavy atom. The standard InChI is InChI=1S/C4H14N4O3S/c5-1-2-8-3-4(6)11-12(7,9)10/h4,8H,1-3,5-6H2,(H2,7,9,10). The fourth-order valence-corrected chi connectivity index (χ4v) is 0.965. The first-order chi connectivity index (χ1) is 5.45. The van der Waals surface area contributed by atoms with Crippen LogP contribution in [0.1, 0.15) is 0 Å². The Balaban J connectivity index is 3.53. The molecule has 0 fully saturated rings. The summed E-state index contributed by atoms with van der Waals surface area (Å²) in [6, 6.07) is 0. The molecule has 0 heterocycles. The number of hydrogen-bond acceptors (Lipinski definition) is 6. The summed E-state index contributed by atoms with van der Waals surface area (Å²) in [7, 11) is -3.96. The zero-order chi connectivity index (χ0) is 9.61. The molecule has 0 aromatic rings. The first-order valence-corrected chi connectivity index (χ1v) is 4.80. The lowest BCUT2D eigenvalue weighted by molar-refractivity contribution is 0.213. The minimum Gasteiger partial charge on any atom is -0.329 e. The van der Waals surface area contributed by atoms with Crippen LogP contribution in [0, 0.1) is 0 Å². The van der Waals surface area contributed by atoms with Crippen molar-refractivity contribution in [2.45, 2.75) is 6.23 Å². The van der Waals surface area contributed by atoms with Crippen molar-refractivity contribution in [3.63, 3.8) is 0 Å². The highest BCUT2D eigenvalue weighted by Gasteiger charge is 2.09. The second kappa shape index (κ2) is 5.41. The van der Waals surface area contributed by atoms with Crippen LogP contribution >= 0.6 is 0 Å². The maximum Gasteiger partial charge on any atom is 0.334 e. The van der Waals surface area contributed by atoms with Crippen LogP contribution in [-0.4, -0.2) is 34.3 Å². The Kier molecular flexibility index (Phi) is 5.29. The van der Waals surface area contributed by atoms with Gasteiger partial charge in [-0.3, -0.25) is 0 Å². The van der Waals surface area contributed by atoms with E-state index in [1.54, 1.807) is 0 Å². The molecule has 12 heavy (non-hydrogen) atoms. The Hall–Kier alpha value is -0.250. The minimum absolute atomic E-state index is 0.188. The van der Waals surface area contributed by atoms with Gasteiger partial charge in [0, 0.05) is 19.6 Å².